The molecule has 1 aliphatic heterocycles. The lowest BCUT2D eigenvalue weighted by Gasteiger charge is -2.46. The van der Waals surface area contributed by atoms with Gasteiger partial charge in [0.05, 0.1) is 19.1 Å². The summed E-state index contributed by atoms with van der Waals surface area (Å²) in [7, 11) is -1.36. The Hall–Kier alpha value is -3.62. The molecule has 0 radical (unpaired) electrons. The van der Waals surface area contributed by atoms with Crippen molar-refractivity contribution in [2.24, 2.45) is 34.5 Å². The maximum atomic E-state index is 15.5. The number of ketones is 2. The highest BCUT2D eigenvalue weighted by molar-refractivity contribution is 6.99. The second kappa shape index (κ2) is 11.7. The van der Waals surface area contributed by atoms with E-state index in [9.17, 15) is 4.79 Å². The summed E-state index contributed by atoms with van der Waals surface area (Å²) in [5.41, 5.74) is -0.531. The molecule has 51 heavy (non-hydrogen) atoms. The van der Waals surface area contributed by atoms with E-state index >= 15 is 4.79 Å². The molecule has 8 atom stereocenters. The third-order valence-electron chi connectivity index (χ3n) is 13.3. The van der Waals surface area contributed by atoms with E-state index in [0.717, 1.165) is 17.6 Å². The molecular formula is C44H50O6Si. The fraction of sp³-hybridized carbons (Fsp3) is 0.455. The first-order valence-electron chi connectivity index (χ1n) is 18.5. The lowest BCUT2D eigenvalue weighted by atomic mass is 9.59. The number of carbonyl (C=O) groups is 2. The van der Waals surface area contributed by atoms with Crippen LogP contribution in [0.4, 0.5) is 0 Å². The Labute approximate surface area is 303 Å². The van der Waals surface area contributed by atoms with Gasteiger partial charge in [-0.2, -0.15) is 0 Å². The first-order valence-corrected chi connectivity index (χ1v) is 20.4. The maximum Gasteiger partial charge on any atom is 0.261 e. The number of Topliss-reactive ketones (excluding diaryl/α,β-unsaturated/α-hetero) is 2. The molecule has 0 aromatic heterocycles. The number of fused-ring (bicyclic) bond motifs is 3. The van der Waals surface area contributed by atoms with Gasteiger partial charge in [0, 0.05) is 11.5 Å². The van der Waals surface area contributed by atoms with Crippen LogP contribution in [0.25, 0.3) is 0 Å². The highest BCUT2D eigenvalue weighted by Gasteiger charge is 2.79. The molecule has 4 aliphatic carbocycles. The second-order valence-electron chi connectivity index (χ2n) is 17.2. The number of benzene rings is 3. The molecule has 2 spiro atoms. The van der Waals surface area contributed by atoms with E-state index in [1.54, 1.807) is 7.11 Å². The SMILES string of the molecule is COc1ccc([C@@H]2O[C@@H]3C(CO[Si](c4ccccc4)(c4ccccc4)C(C)(C)C)=C[C@@H]4C(=O)[C@]5(C=C(C)C(=O)[C@@]35O2)[C@H](C)C[C@@H]2[C@H]4C2(C)C)cc1. The van der Waals surface area contributed by atoms with Gasteiger partial charge in [-0.15, -0.1) is 0 Å². The van der Waals surface area contributed by atoms with Crippen LogP contribution in [0, 0.1) is 34.5 Å². The predicted octanol–water partition coefficient (Wildman–Crippen LogP) is 7.38. The summed E-state index contributed by atoms with van der Waals surface area (Å²) in [5, 5.41) is 2.07. The van der Waals surface area contributed by atoms with E-state index in [1.165, 1.54) is 10.4 Å². The van der Waals surface area contributed by atoms with Gasteiger partial charge >= 0.3 is 0 Å². The van der Waals surface area contributed by atoms with Crippen LogP contribution < -0.4 is 15.1 Å². The van der Waals surface area contributed by atoms with Crippen LogP contribution in [-0.2, 0) is 23.5 Å². The average Bonchev–Trinajstić information content (AvgIpc) is 3.38. The van der Waals surface area contributed by atoms with Gasteiger partial charge in [0.25, 0.3) is 8.32 Å². The first-order chi connectivity index (χ1) is 24.2. The zero-order valence-electron chi connectivity index (χ0n) is 31.1. The second-order valence-corrected chi connectivity index (χ2v) is 21.5. The Morgan fingerprint density at radius 3 is 2.08 bits per heavy atom. The van der Waals surface area contributed by atoms with Crippen molar-refractivity contribution in [1.29, 1.82) is 0 Å². The fourth-order valence-electron chi connectivity index (χ4n) is 10.8. The van der Waals surface area contributed by atoms with Gasteiger partial charge in [-0.25, -0.2) is 0 Å². The molecule has 7 heteroatoms. The minimum absolute atomic E-state index is 0.0119. The number of ether oxygens (including phenoxy) is 3. The summed E-state index contributed by atoms with van der Waals surface area (Å²) in [6, 6.07) is 28.7. The van der Waals surface area contributed by atoms with E-state index in [4.69, 9.17) is 18.6 Å². The van der Waals surface area contributed by atoms with Crippen LogP contribution in [0.1, 0.15) is 66.7 Å². The van der Waals surface area contributed by atoms with Crippen LogP contribution in [0.15, 0.2) is 108 Å². The molecule has 5 aliphatic rings. The minimum atomic E-state index is -3.00. The number of allylic oxidation sites excluding steroid dienone is 1. The summed E-state index contributed by atoms with van der Waals surface area (Å²) in [6.07, 6.45) is 3.30. The van der Waals surface area contributed by atoms with Crippen LogP contribution in [-0.4, -0.2) is 45.3 Å². The van der Waals surface area contributed by atoms with Crippen molar-refractivity contribution in [3.63, 3.8) is 0 Å². The Kier molecular flexibility index (Phi) is 7.90. The van der Waals surface area contributed by atoms with Gasteiger partial charge in [0.15, 0.2) is 23.5 Å². The van der Waals surface area contributed by atoms with Gasteiger partial charge in [0.2, 0.25) is 0 Å². The number of rotatable bonds is 7. The van der Waals surface area contributed by atoms with Crippen LogP contribution >= 0.6 is 0 Å². The number of hydrogen-bond acceptors (Lipinski definition) is 6. The molecule has 0 amide bonds. The Balaban J connectivity index is 1.32. The summed E-state index contributed by atoms with van der Waals surface area (Å²) >= 11 is 0. The largest absolute Gasteiger partial charge is 0.497 e. The van der Waals surface area contributed by atoms with Gasteiger partial charge < -0.3 is 18.6 Å². The fourth-order valence-corrected chi connectivity index (χ4v) is 15.3. The molecule has 1 saturated heterocycles. The monoisotopic (exact) mass is 702 g/mol. The molecule has 3 aromatic carbocycles. The molecule has 3 fully saturated rings. The molecule has 6 nitrogen and oxygen atoms in total. The van der Waals surface area contributed by atoms with Crippen LogP contribution in [0.5, 0.6) is 5.75 Å². The number of carbonyl (C=O) groups excluding carboxylic acids is 2. The summed E-state index contributed by atoms with van der Waals surface area (Å²) in [4.78, 5) is 30.4. The van der Waals surface area contributed by atoms with Crippen molar-refractivity contribution in [3.8, 4) is 5.75 Å². The standard InChI is InChI=1S/C44H50O6Si/c1-27-25-43-28(2)23-35-36(42(35,6)7)34(38(43)46)24-30(39-44(43,37(27)45)50-40(49-39)29-19-21-31(47-8)22-20-29)26-48-51(41(3,4)5,32-15-11-9-12-16-32)33-17-13-10-14-18-33/h9-22,24-25,28,34-36,39-40H,23,26H2,1-8H3/t28-,34+,35-,36+,39-,40-,43+,44-/m1/s1. The molecule has 1 heterocycles. The van der Waals surface area contributed by atoms with Gasteiger partial charge in [-0.3, -0.25) is 9.59 Å². The molecule has 8 rings (SSSR count). The van der Waals surface area contributed by atoms with Crippen LogP contribution in [0.3, 0.4) is 0 Å². The van der Waals surface area contributed by atoms with Crippen molar-refractivity contribution < 1.29 is 28.2 Å². The van der Waals surface area contributed by atoms with E-state index in [0.29, 0.717) is 17.2 Å². The minimum Gasteiger partial charge on any atom is -0.497 e. The molecule has 2 saturated carbocycles. The van der Waals surface area contributed by atoms with E-state index in [2.05, 4.69) is 96.1 Å². The molecule has 0 unspecified atom stereocenters. The summed E-state index contributed by atoms with van der Waals surface area (Å²) in [6.45, 7) is 15.6. The zero-order valence-corrected chi connectivity index (χ0v) is 32.1. The third kappa shape index (κ3) is 4.63. The van der Waals surface area contributed by atoms with Gasteiger partial charge in [0.1, 0.15) is 11.9 Å². The Morgan fingerprint density at radius 1 is 0.902 bits per heavy atom. The highest BCUT2D eigenvalue weighted by atomic mass is 28.4. The lowest BCUT2D eigenvalue weighted by Crippen LogP contribution is -2.67. The number of methoxy groups -OCH3 is 1. The van der Waals surface area contributed by atoms with E-state index < -0.39 is 31.7 Å². The van der Waals surface area contributed by atoms with Crippen molar-refractivity contribution in [3.05, 3.63) is 114 Å². The topological polar surface area (TPSA) is 71.1 Å². The third-order valence-corrected chi connectivity index (χ3v) is 18.3. The van der Waals surface area contributed by atoms with Crippen molar-refractivity contribution in [1.82, 2.24) is 0 Å². The van der Waals surface area contributed by atoms with Crippen molar-refractivity contribution >= 4 is 30.3 Å². The van der Waals surface area contributed by atoms with E-state index in [1.807, 2.05) is 49.4 Å². The Morgan fingerprint density at radius 2 is 1.51 bits per heavy atom. The molecule has 0 N–H and O–H groups in total. The smallest absolute Gasteiger partial charge is 0.261 e. The summed E-state index contributed by atoms with van der Waals surface area (Å²) in [5.74, 6) is 0.680. The lowest BCUT2D eigenvalue weighted by molar-refractivity contribution is -0.171. The maximum absolute atomic E-state index is 15.5. The number of hydrogen-bond donors (Lipinski definition) is 0. The van der Waals surface area contributed by atoms with Crippen LogP contribution in [0.2, 0.25) is 5.04 Å². The van der Waals surface area contributed by atoms with E-state index in [-0.39, 0.29) is 46.4 Å². The molecule has 3 aromatic rings. The summed E-state index contributed by atoms with van der Waals surface area (Å²) < 4.78 is 27.2. The predicted molar refractivity (Wildman–Crippen MR) is 200 cm³/mol. The normalized spacial score (nSPS) is 33.6. The quantitative estimate of drug-likeness (QED) is 0.189. The zero-order chi connectivity index (χ0) is 36.1. The first kappa shape index (κ1) is 34.5. The van der Waals surface area contributed by atoms with Crippen molar-refractivity contribution in [2.75, 3.05) is 13.7 Å². The average molecular weight is 703 g/mol. The van der Waals surface area contributed by atoms with Crippen molar-refractivity contribution in [2.45, 2.75) is 77.9 Å². The Bertz CT molecular complexity index is 1890. The highest BCUT2D eigenvalue weighted by Crippen LogP contribution is 2.73. The molecule has 2 bridgehead atoms. The van der Waals surface area contributed by atoms with Gasteiger partial charge in [-0.1, -0.05) is 126 Å². The molecular weight excluding hydrogens is 653 g/mol. The molecule has 266 valence electrons. The van der Waals surface area contributed by atoms with Gasteiger partial charge in [-0.05, 0) is 75.2 Å².